The number of rotatable bonds is 2. The number of amidine groups is 1. The number of hydrogen-bond donors (Lipinski definition) is 2. The molecule has 2 bridgehead atoms. The van der Waals surface area contributed by atoms with Gasteiger partial charge >= 0.3 is 5.97 Å². The topological polar surface area (TPSA) is 76.9 Å². The SMILES string of the molecule is CC(C)(C)C(=O)O.N=C(OC1CN2CCC1CC2)N1CCc2ccccc2C1c1ccccc1. The van der Waals surface area contributed by atoms with Crippen molar-refractivity contribution in [3.63, 3.8) is 0 Å². The number of aliphatic carboxylic acids is 1. The van der Waals surface area contributed by atoms with Crippen molar-refractivity contribution >= 4 is 12.0 Å². The Hall–Kier alpha value is -2.86. The van der Waals surface area contributed by atoms with Crippen molar-refractivity contribution in [3.8, 4) is 0 Å². The fourth-order valence-corrected chi connectivity index (χ4v) is 5.04. The van der Waals surface area contributed by atoms with Crippen LogP contribution in [-0.4, -0.2) is 59.2 Å². The van der Waals surface area contributed by atoms with Crippen LogP contribution in [0.2, 0.25) is 0 Å². The molecule has 4 aliphatic heterocycles. The molecular weight excluding hydrogens is 426 g/mol. The maximum Gasteiger partial charge on any atom is 0.308 e. The van der Waals surface area contributed by atoms with Gasteiger partial charge < -0.3 is 14.7 Å². The average molecular weight is 464 g/mol. The number of carboxylic acids is 1. The van der Waals surface area contributed by atoms with E-state index in [1.165, 1.54) is 42.6 Å². The molecule has 4 heterocycles. The summed E-state index contributed by atoms with van der Waals surface area (Å²) in [7, 11) is 0. The molecule has 0 aliphatic carbocycles. The van der Waals surface area contributed by atoms with Gasteiger partial charge in [-0.25, -0.2) is 0 Å². The Morgan fingerprint density at radius 3 is 2.21 bits per heavy atom. The number of ether oxygens (including phenoxy) is 1. The minimum Gasteiger partial charge on any atom is -0.481 e. The normalized spacial score (nSPS) is 25.6. The van der Waals surface area contributed by atoms with E-state index in [4.69, 9.17) is 15.3 Å². The summed E-state index contributed by atoms with van der Waals surface area (Å²) in [6, 6.07) is 19.6. The fourth-order valence-electron chi connectivity index (χ4n) is 5.04. The first kappa shape index (κ1) is 24.3. The Morgan fingerprint density at radius 2 is 1.62 bits per heavy atom. The third kappa shape index (κ3) is 5.44. The van der Waals surface area contributed by atoms with Gasteiger partial charge in [0.15, 0.2) is 0 Å². The molecule has 2 unspecified atom stereocenters. The molecule has 3 fully saturated rings. The second-order valence-electron chi connectivity index (χ2n) is 10.6. The maximum absolute atomic E-state index is 10.0. The molecule has 0 aromatic heterocycles. The Kier molecular flexibility index (Phi) is 7.27. The monoisotopic (exact) mass is 463 g/mol. The molecule has 2 aromatic rings. The summed E-state index contributed by atoms with van der Waals surface area (Å²) >= 11 is 0. The van der Waals surface area contributed by atoms with Crippen LogP contribution in [0.1, 0.15) is 56.3 Å². The number of piperidine rings is 3. The van der Waals surface area contributed by atoms with Gasteiger partial charge in [0.1, 0.15) is 6.10 Å². The number of carboxylic acid groups (broad SMARTS) is 1. The van der Waals surface area contributed by atoms with E-state index < -0.39 is 11.4 Å². The van der Waals surface area contributed by atoms with Crippen LogP contribution < -0.4 is 0 Å². The summed E-state index contributed by atoms with van der Waals surface area (Å²) in [6.07, 6.45) is 3.56. The average Bonchev–Trinajstić information content (AvgIpc) is 2.84. The zero-order valence-corrected chi connectivity index (χ0v) is 20.5. The number of fused-ring (bicyclic) bond motifs is 4. The lowest BCUT2D eigenvalue weighted by atomic mass is 9.86. The van der Waals surface area contributed by atoms with Gasteiger partial charge in [-0.1, -0.05) is 54.6 Å². The summed E-state index contributed by atoms with van der Waals surface area (Å²) in [4.78, 5) is 14.7. The summed E-state index contributed by atoms with van der Waals surface area (Å²) in [5, 5.41) is 17.1. The van der Waals surface area contributed by atoms with Crippen molar-refractivity contribution < 1.29 is 14.6 Å². The van der Waals surface area contributed by atoms with Gasteiger partial charge in [0.05, 0.1) is 11.5 Å². The van der Waals surface area contributed by atoms with Crippen LogP contribution in [0, 0.1) is 16.7 Å². The lowest BCUT2D eigenvalue weighted by Gasteiger charge is -2.46. The van der Waals surface area contributed by atoms with Gasteiger partial charge in [-0.2, -0.15) is 0 Å². The van der Waals surface area contributed by atoms with Crippen molar-refractivity contribution in [1.82, 2.24) is 9.80 Å². The first-order valence-corrected chi connectivity index (χ1v) is 12.3. The van der Waals surface area contributed by atoms with Crippen molar-refractivity contribution in [2.24, 2.45) is 11.3 Å². The van der Waals surface area contributed by atoms with Crippen molar-refractivity contribution in [3.05, 3.63) is 71.3 Å². The van der Waals surface area contributed by atoms with Crippen LogP contribution in [0.15, 0.2) is 54.6 Å². The molecule has 3 saturated heterocycles. The molecular formula is C28H37N3O3. The molecule has 0 amide bonds. The van der Waals surface area contributed by atoms with E-state index in [0.717, 1.165) is 19.5 Å². The molecule has 0 saturated carbocycles. The number of nitrogens with zero attached hydrogens (tertiary/aromatic N) is 2. The molecule has 34 heavy (non-hydrogen) atoms. The summed E-state index contributed by atoms with van der Waals surface area (Å²) in [5.41, 5.74) is 3.34. The number of carbonyl (C=O) groups is 1. The molecule has 4 aliphatic rings. The Labute approximate surface area is 203 Å². The second-order valence-corrected chi connectivity index (χ2v) is 10.6. The van der Waals surface area contributed by atoms with E-state index >= 15 is 0 Å². The van der Waals surface area contributed by atoms with Crippen LogP contribution in [0.4, 0.5) is 0 Å². The highest BCUT2D eigenvalue weighted by Crippen LogP contribution is 2.36. The van der Waals surface area contributed by atoms with Crippen LogP contribution >= 0.6 is 0 Å². The highest BCUT2D eigenvalue weighted by molar-refractivity contribution is 5.73. The van der Waals surface area contributed by atoms with Gasteiger partial charge in [0, 0.05) is 13.1 Å². The molecule has 0 spiro atoms. The van der Waals surface area contributed by atoms with Crippen LogP contribution in [0.5, 0.6) is 0 Å². The van der Waals surface area contributed by atoms with E-state index in [1.54, 1.807) is 20.8 Å². The minimum absolute atomic E-state index is 0.0599. The summed E-state index contributed by atoms with van der Waals surface area (Å²) < 4.78 is 6.30. The predicted molar refractivity (Wildman–Crippen MR) is 134 cm³/mol. The van der Waals surface area contributed by atoms with Crippen LogP contribution in [-0.2, 0) is 16.0 Å². The molecule has 0 radical (unpaired) electrons. The third-order valence-corrected chi connectivity index (χ3v) is 7.16. The molecule has 6 rings (SSSR count). The van der Waals surface area contributed by atoms with E-state index in [1.807, 2.05) is 0 Å². The second kappa shape index (κ2) is 10.2. The first-order valence-electron chi connectivity index (χ1n) is 12.3. The number of benzene rings is 2. The molecule has 6 heteroatoms. The standard InChI is InChI=1S/C23H27N3O.C5H10O2/c24-23(27-21-16-25-13-10-18(21)11-14-25)26-15-12-17-6-4-5-9-20(17)22(26)19-7-2-1-3-8-19;1-5(2,3)4(6)7/h1-9,18,21-22,24H,10-16H2;1-3H3,(H,6,7). The van der Waals surface area contributed by atoms with Crippen LogP contribution in [0.3, 0.4) is 0 Å². The van der Waals surface area contributed by atoms with E-state index in [9.17, 15) is 4.79 Å². The Morgan fingerprint density at radius 1 is 1.00 bits per heavy atom. The predicted octanol–water partition coefficient (Wildman–Crippen LogP) is 4.80. The highest BCUT2D eigenvalue weighted by Gasteiger charge is 2.38. The molecule has 2 aromatic carbocycles. The molecule has 6 nitrogen and oxygen atoms in total. The Balaban J connectivity index is 0.000000344. The number of hydrogen-bond acceptors (Lipinski definition) is 4. The van der Waals surface area contributed by atoms with Gasteiger partial charge in [-0.15, -0.1) is 0 Å². The quantitative estimate of drug-likeness (QED) is 0.494. The molecule has 182 valence electrons. The van der Waals surface area contributed by atoms with E-state index in [2.05, 4.69) is 64.4 Å². The largest absolute Gasteiger partial charge is 0.481 e. The minimum atomic E-state index is -0.757. The van der Waals surface area contributed by atoms with Gasteiger partial charge in [0.25, 0.3) is 6.02 Å². The highest BCUT2D eigenvalue weighted by atomic mass is 16.5. The van der Waals surface area contributed by atoms with Gasteiger partial charge in [-0.3, -0.25) is 15.1 Å². The zero-order chi connectivity index (χ0) is 24.3. The third-order valence-electron chi connectivity index (χ3n) is 7.16. The fraction of sp³-hybridized carbons (Fsp3) is 0.500. The lowest BCUT2D eigenvalue weighted by Crippen LogP contribution is -2.53. The summed E-state index contributed by atoms with van der Waals surface area (Å²) in [6.45, 7) is 9.19. The number of nitrogens with one attached hydrogen (secondary N) is 1. The molecule has 2 N–H and O–H groups in total. The van der Waals surface area contributed by atoms with Crippen molar-refractivity contribution in [2.45, 2.75) is 52.2 Å². The van der Waals surface area contributed by atoms with Crippen LogP contribution in [0.25, 0.3) is 0 Å². The van der Waals surface area contributed by atoms with Crippen molar-refractivity contribution in [1.29, 1.82) is 5.41 Å². The van der Waals surface area contributed by atoms with E-state index in [-0.39, 0.29) is 12.1 Å². The lowest BCUT2D eigenvalue weighted by molar-refractivity contribution is -0.145. The van der Waals surface area contributed by atoms with Gasteiger partial charge in [0.2, 0.25) is 0 Å². The summed E-state index contributed by atoms with van der Waals surface area (Å²) in [5.74, 6) is -0.143. The zero-order valence-electron chi connectivity index (χ0n) is 20.5. The van der Waals surface area contributed by atoms with Crippen molar-refractivity contribution in [2.75, 3.05) is 26.2 Å². The smallest absolute Gasteiger partial charge is 0.308 e. The van der Waals surface area contributed by atoms with E-state index in [0.29, 0.717) is 11.9 Å². The Bertz CT molecular complexity index is 993. The molecule has 2 atom stereocenters. The maximum atomic E-state index is 10.0. The van der Waals surface area contributed by atoms with Gasteiger partial charge in [-0.05, 0) is 75.7 Å². The first-order chi connectivity index (χ1) is 16.2.